The second-order valence-corrected chi connectivity index (χ2v) is 5.53. The Labute approximate surface area is 123 Å². The molecule has 3 heterocycles. The van der Waals surface area contributed by atoms with Crippen LogP contribution in [0, 0.1) is 0 Å². The molecule has 0 amide bonds. The fourth-order valence-corrected chi connectivity index (χ4v) is 3.05. The third-order valence-electron chi connectivity index (χ3n) is 3.36. The van der Waals surface area contributed by atoms with Gasteiger partial charge in [-0.1, -0.05) is 0 Å². The van der Waals surface area contributed by atoms with Gasteiger partial charge in [-0.2, -0.15) is 13.2 Å². The van der Waals surface area contributed by atoms with Crippen molar-refractivity contribution < 1.29 is 13.2 Å². The number of rotatable bonds is 2. The van der Waals surface area contributed by atoms with Crippen molar-refractivity contribution in [2.75, 3.05) is 36.0 Å². The third kappa shape index (κ3) is 2.94. The molecule has 2 aromatic heterocycles. The van der Waals surface area contributed by atoms with Gasteiger partial charge in [-0.25, -0.2) is 9.97 Å². The molecule has 0 bridgehead atoms. The van der Waals surface area contributed by atoms with Crippen molar-refractivity contribution in [3.8, 4) is 0 Å². The monoisotopic (exact) mass is 314 g/mol. The molecule has 0 atom stereocenters. The molecular weight excluding hydrogens is 301 g/mol. The predicted molar refractivity (Wildman–Crippen MR) is 75.8 cm³/mol. The molecule has 21 heavy (non-hydrogen) atoms. The number of nitrogens with zero attached hydrogens (tertiary/aromatic N) is 4. The number of alkyl halides is 3. The van der Waals surface area contributed by atoms with Crippen molar-refractivity contribution in [2.45, 2.75) is 6.18 Å². The maximum atomic E-state index is 13.0. The van der Waals surface area contributed by atoms with Crippen LogP contribution < -0.4 is 9.80 Å². The molecule has 8 heteroatoms. The van der Waals surface area contributed by atoms with E-state index in [9.17, 15) is 13.2 Å². The van der Waals surface area contributed by atoms with E-state index >= 15 is 0 Å². The Morgan fingerprint density at radius 2 is 1.71 bits per heavy atom. The summed E-state index contributed by atoms with van der Waals surface area (Å²) < 4.78 is 39.1. The molecular formula is C13H13F3N4S. The Bertz CT molecular complexity index is 592. The quantitative estimate of drug-likeness (QED) is 0.853. The van der Waals surface area contributed by atoms with Crippen LogP contribution in [0.15, 0.2) is 29.9 Å². The zero-order chi connectivity index (χ0) is 14.9. The van der Waals surface area contributed by atoms with Crippen molar-refractivity contribution in [3.63, 3.8) is 0 Å². The van der Waals surface area contributed by atoms with Gasteiger partial charge in [0.2, 0.25) is 0 Å². The van der Waals surface area contributed by atoms with Gasteiger partial charge in [0.25, 0.3) is 0 Å². The minimum atomic E-state index is -4.38. The normalized spacial score (nSPS) is 16.3. The molecule has 3 rings (SSSR count). The Kier molecular flexibility index (Phi) is 3.71. The van der Waals surface area contributed by atoms with Crippen molar-refractivity contribution in [1.29, 1.82) is 0 Å². The summed E-state index contributed by atoms with van der Waals surface area (Å²) in [5, 5.41) is 2.80. The number of thiazole rings is 1. The summed E-state index contributed by atoms with van der Waals surface area (Å²) in [4.78, 5) is 11.9. The van der Waals surface area contributed by atoms with Crippen molar-refractivity contribution >= 4 is 22.3 Å². The highest BCUT2D eigenvalue weighted by Gasteiger charge is 2.36. The van der Waals surface area contributed by atoms with Gasteiger partial charge in [-0.05, 0) is 12.1 Å². The summed E-state index contributed by atoms with van der Waals surface area (Å²) in [6.45, 7) is 2.28. The van der Waals surface area contributed by atoms with Gasteiger partial charge >= 0.3 is 6.18 Å². The number of hydrogen-bond acceptors (Lipinski definition) is 5. The van der Waals surface area contributed by atoms with Crippen LogP contribution in [0.5, 0.6) is 0 Å². The summed E-state index contributed by atoms with van der Waals surface area (Å²) in [5.74, 6) is 0.0174. The number of hydrogen-bond donors (Lipinski definition) is 0. The third-order valence-corrected chi connectivity index (χ3v) is 4.19. The first-order valence-corrected chi connectivity index (χ1v) is 7.35. The number of piperazine rings is 1. The lowest BCUT2D eigenvalue weighted by Gasteiger charge is -2.36. The van der Waals surface area contributed by atoms with Gasteiger partial charge in [0, 0.05) is 44.0 Å². The van der Waals surface area contributed by atoms with E-state index in [2.05, 4.69) is 14.9 Å². The maximum Gasteiger partial charge on any atom is 0.419 e. The number of pyridine rings is 1. The highest BCUT2D eigenvalue weighted by Crippen LogP contribution is 2.35. The molecule has 1 saturated heterocycles. The van der Waals surface area contributed by atoms with Crippen LogP contribution in [0.25, 0.3) is 0 Å². The maximum absolute atomic E-state index is 13.0. The Morgan fingerprint density at radius 3 is 2.33 bits per heavy atom. The molecule has 0 N–H and O–H groups in total. The summed E-state index contributed by atoms with van der Waals surface area (Å²) in [6.07, 6.45) is -1.25. The van der Waals surface area contributed by atoms with Crippen molar-refractivity contribution in [1.82, 2.24) is 9.97 Å². The topological polar surface area (TPSA) is 32.3 Å². The minimum absolute atomic E-state index is 0.0174. The summed E-state index contributed by atoms with van der Waals surface area (Å²) in [7, 11) is 0. The molecule has 0 spiro atoms. The van der Waals surface area contributed by atoms with Gasteiger partial charge in [-0.15, -0.1) is 11.3 Å². The van der Waals surface area contributed by atoms with Crippen LogP contribution >= 0.6 is 11.3 Å². The molecule has 0 aromatic carbocycles. The number of aromatic nitrogens is 2. The van der Waals surface area contributed by atoms with Crippen LogP contribution in [0.1, 0.15) is 5.56 Å². The molecule has 2 aromatic rings. The second-order valence-electron chi connectivity index (χ2n) is 4.66. The number of anilines is 2. The fraction of sp³-hybridized carbons (Fsp3) is 0.385. The zero-order valence-corrected chi connectivity index (χ0v) is 11.9. The van der Waals surface area contributed by atoms with E-state index < -0.39 is 11.7 Å². The molecule has 0 aliphatic carbocycles. The summed E-state index contributed by atoms with van der Waals surface area (Å²) >= 11 is 1.53. The van der Waals surface area contributed by atoms with Crippen LogP contribution in [-0.2, 0) is 6.18 Å². The molecule has 0 saturated carbocycles. The lowest BCUT2D eigenvalue weighted by atomic mass is 10.2. The van der Waals surface area contributed by atoms with Gasteiger partial charge in [0.1, 0.15) is 5.82 Å². The molecule has 0 unspecified atom stereocenters. The van der Waals surface area contributed by atoms with E-state index in [1.54, 1.807) is 11.1 Å². The smallest absolute Gasteiger partial charge is 0.353 e. The SMILES string of the molecule is FC(F)(F)c1cccnc1N1CCN(c2nccs2)CC1. The second kappa shape index (κ2) is 5.51. The predicted octanol–water partition coefficient (Wildman–Crippen LogP) is 2.88. The average molecular weight is 314 g/mol. The van der Waals surface area contributed by atoms with Gasteiger partial charge in [-0.3, -0.25) is 0 Å². The lowest BCUT2D eigenvalue weighted by Crippen LogP contribution is -2.47. The molecule has 1 fully saturated rings. The van der Waals surface area contributed by atoms with E-state index in [1.165, 1.54) is 23.6 Å². The van der Waals surface area contributed by atoms with Crippen molar-refractivity contribution in [2.24, 2.45) is 0 Å². The number of halogens is 3. The first-order chi connectivity index (χ1) is 10.1. The fourth-order valence-electron chi connectivity index (χ4n) is 2.35. The van der Waals surface area contributed by atoms with E-state index in [-0.39, 0.29) is 5.82 Å². The van der Waals surface area contributed by atoms with E-state index in [4.69, 9.17) is 0 Å². The van der Waals surface area contributed by atoms with E-state index in [1.807, 2.05) is 5.38 Å². The first kappa shape index (κ1) is 14.1. The van der Waals surface area contributed by atoms with Crippen LogP contribution in [0.4, 0.5) is 24.1 Å². The Hall–Kier alpha value is -1.83. The van der Waals surface area contributed by atoms with Gasteiger partial charge in [0.05, 0.1) is 5.56 Å². The molecule has 0 radical (unpaired) electrons. The lowest BCUT2D eigenvalue weighted by molar-refractivity contribution is -0.137. The van der Waals surface area contributed by atoms with Gasteiger partial charge < -0.3 is 9.80 Å². The van der Waals surface area contributed by atoms with Crippen LogP contribution in [0.2, 0.25) is 0 Å². The summed E-state index contributed by atoms with van der Waals surface area (Å²) in [5.41, 5.74) is -0.673. The molecule has 4 nitrogen and oxygen atoms in total. The largest absolute Gasteiger partial charge is 0.419 e. The molecule has 1 aliphatic rings. The standard InChI is InChI=1S/C13H13F3N4S/c14-13(15,16)10-2-1-3-17-11(10)19-5-7-20(8-6-19)12-18-4-9-21-12/h1-4,9H,5-8H2. The molecule has 112 valence electrons. The average Bonchev–Trinajstić information content (AvgIpc) is 3.01. The Balaban J connectivity index is 1.76. The van der Waals surface area contributed by atoms with Crippen LogP contribution in [-0.4, -0.2) is 36.1 Å². The highest BCUT2D eigenvalue weighted by molar-refractivity contribution is 7.13. The van der Waals surface area contributed by atoms with E-state index in [0.717, 1.165) is 11.2 Å². The van der Waals surface area contributed by atoms with E-state index in [0.29, 0.717) is 26.2 Å². The minimum Gasteiger partial charge on any atom is -0.353 e. The van der Waals surface area contributed by atoms with Crippen LogP contribution in [0.3, 0.4) is 0 Å². The summed E-state index contributed by atoms with van der Waals surface area (Å²) in [6, 6.07) is 2.40. The van der Waals surface area contributed by atoms with Crippen molar-refractivity contribution in [3.05, 3.63) is 35.5 Å². The van der Waals surface area contributed by atoms with Gasteiger partial charge in [0.15, 0.2) is 5.13 Å². The zero-order valence-electron chi connectivity index (χ0n) is 11.0. The Morgan fingerprint density at radius 1 is 1.00 bits per heavy atom. The first-order valence-electron chi connectivity index (χ1n) is 6.47. The highest BCUT2D eigenvalue weighted by atomic mass is 32.1. The molecule has 1 aliphatic heterocycles.